The molecule has 0 aliphatic carbocycles. The molecular formula is C8H8ClNO2. The van der Waals surface area contributed by atoms with Gasteiger partial charge in [-0.3, -0.25) is 4.79 Å². The minimum atomic E-state index is -0.198. The van der Waals surface area contributed by atoms with E-state index in [0.717, 1.165) is 0 Å². The van der Waals surface area contributed by atoms with Gasteiger partial charge in [-0.2, -0.15) is 0 Å². The molecule has 1 aromatic rings. The molecule has 4 heteroatoms. The lowest BCUT2D eigenvalue weighted by molar-refractivity contribution is -0.114. The Labute approximate surface area is 75.0 Å². The van der Waals surface area contributed by atoms with E-state index >= 15 is 0 Å². The van der Waals surface area contributed by atoms with Crippen molar-refractivity contribution in [2.45, 2.75) is 6.92 Å². The zero-order chi connectivity index (χ0) is 9.14. The van der Waals surface area contributed by atoms with Crippen LogP contribution in [0.5, 0.6) is 5.75 Å². The summed E-state index contributed by atoms with van der Waals surface area (Å²) in [6.07, 6.45) is 0. The first kappa shape index (κ1) is 8.87. The third kappa shape index (κ3) is 2.43. The van der Waals surface area contributed by atoms with Gasteiger partial charge < -0.3 is 10.4 Å². The van der Waals surface area contributed by atoms with Crippen LogP contribution in [-0.4, -0.2) is 11.0 Å². The minimum absolute atomic E-state index is 0.0336. The number of phenols is 1. The maximum absolute atomic E-state index is 10.6. The van der Waals surface area contributed by atoms with Crippen LogP contribution in [0.25, 0.3) is 0 Å². The maximum Gasteiger partial charge on any atom is 0.221 e. The van der Waals surface area contributed by atoms with E-state index in [1.165, 1.54) is 19.1 Å². The zero-order valence-electron chi connectivity index (χ0n) is 6.47. The molecule has 0 aliphatic rings. The fraction of sp³-hybridized carbons (Fsp3) is 0.125. The Morgan fingerprint density at radius 1 is 1.50 bits per heavy atom. The van der Waals surface area contributed by atoms with Crippen LogP contribution < -0.4 is 5.32 Å². The molecule has 0 heterocycles. The first-order chi connectivity index (χ1) is 5.58. The van der Waals surface area contributed by atoms with Crippen molar-refractivity contribution in [1.82, 2.24) is 0 Å². The van der Waals surface area contributed by atoms with Crippen LogP contribution in [0.2, 0.25) is 5.02 Å². The van der Waals surface area contributed by atoms with E-state index in [9.17, 15) is 4.79 Å². The van der Waals surface area contributed by atoms with Crippen molar-refractivity contribution in [2.75, 3.05) is 5.32 Å². The maximum atomic E-state index is 10.6. The molecule has 1 amide bonds. The number of phenolic OH excluding ortho intramolecular Hbond substituents is 1. The first-order valence-electron chi connectivity index (χ1n) is 3.35. The normalized spacial score (nSPS) is 9.50. The SMILES string of the molecule is CC(=O)Nc1cc(O)cc(Cl)c1. The lowest BCUT2D eigenvalue weighted by Gasteiger charge is -2.02. The van der Waals surface area contributed by atoms with Crippen LogP contribution in [0.3, 0.4) is 0 Å². The smallest absolute Gasteiger partial charge is 0.221 e. The fourth-order valence-corrected chi connectivity index (χ4v) is 1.08. The number of benzene rings is 1. The van der Waals surface area contributed by atoms with E-state index in [2.05, 4.69) is 5.32 Å². The molecule has 0 bridgehead atoms. The van der Waals surface area contributed by atoms with Gasteiger partial charge in [0.15, 0.2) is 0 Å². The van der Waals surface area contributed by atoms with Crippen LogP contribution in [0, 0.1) is 0 Å². The number of nitrogens with one attached hydrogen (secondary N) is 1. The van der Waals surface area contributed by atoms with E-state index in [1.807, 2.05) is 0 Å². The predicted octanol–water partition coefficient (Wildman–Crippen LogP) is 2.00. The zero-order valence-corrected chi connectivity index (χ0v) is 7.22. The van der Waals surface area contributed by atoms with E-state index in [-0.39, 0.29) is 11.7 Å². The average molecular weight is 186 g/mol. The van der Waals surface area contributed by atoms with E-state index in [1.54, 1.807) is 6.07 Å². The van der Waals surface area contributed by atoms with Gasteiger partial charge in [0, 0.05) is 23.7 Å². The molecule has 1 aromatic carbocycles. The average Bonchev–Trinajstić information content (AvgIpc) is 1.81. The van der Waals surface area contributed by atoms with Gasteiger partial charge in [0.25, 0.3) is 0 Å². The summed E-state index contributed by atoms with van der Waals surface area (Å²) in [7, 11) is 0. The number of hydrogen-bond acceptors (Lipinski definition) is 2. The first-order valence-corrected chi connectivity index (χ1v) is 3.73. The fourth-order valence-electron chi connectivity index (χ4n) is 0.850. The molecule has 64 valence electrons. The molecule has 2 N–H and O–H groups in total. The highest BCUT2D eigenvalue weighted by Crippen LogP contribution is 2.22. The lowest BCUT2D eigenvalue weighted by Crippen LogP contribution is -2.05. The Hall–Kier alpha value is -1.22. The van der Waals surface area contributed by atoms with Gasteiger partial charge in [0.1, 0.15) is 5.75 Å². The van der Waals surface area contributed by atoms with Crippen molar-refractivity contribution in [2.24, 2.45) is 0 Å². The predicted molar refractivity (Wildman–Crippen MR) is 47.4 cm³/mol. The minimum Gasteiger partial charge on any atom is -0.508 e. The lowest BCUT2D eigenvalue weighted by atomic mass is 10.3. The molecule has 0 fully saturated rings. The Kier molecular flexibility index (Phi) is 2.55. The Bertz CT molecular complexity index is 292. The van der Waals surface area contributed by atoms with E-state index < -0.39 is 0 Å². The van der Waals surface area contributed by atoms with Gasteiger partial charge in [-0.25, -0.2) is 0 Å². The van der Waals surface area contributed by atoms with Crippen molar-refractivity contribution < 1.29 is 9.90 Å². The van der Waals surface area contributed by atoms with Gasteiger partial charge >= 0.3 is 0 Å². The highest BCUT2D eigenvalue weighted by Gasteiger charge is 1.99. The number of halogens is 1. The Morgan fingerprint density at radius 3 is 2.67 bits per heavy atom. The summed E-state index contributed by atoms with van der Waals surface area (Å²) >= 11 is 5.62. The number of carbonyl (C=O) groups excluding carboxylic acids is 1. The van der Waals surface area contributed by atoms with Gasteiger partial charge in [-0.15, -0.1) is 0 Å². The standard InChI is InChI=1S/C8H8ClNO2/c1-5(11)10-7-2-6(9)3-8(12)4-7/h2-4,12H,1H3,(H,10,11). The monoisotopic (exact) mass is 185 g/mol. The second-order valence-corrected chi connectivity index (χ2v) is 2.82. The highest BCUT2D eigenvalue weighted by molar-refractivity contribution is 6.31. The molecule has 0 aliphatic heterocycles. The van der Waals surface area contributed by atoms with Crippen LogP contribution in [0.15, 0.2) is 18.2 Å². The Balaban J connectivity index is 2.93. The number of carbonyl (C=O) groups is 1. The quantitative estimate of drug-likeness (QED) is 0.703. The van der Waals surface area contributed by atoms with E-state index in [0.29, 0.717) is 10.7 Å². The third-order valence-corrected chi connectivity index (χ3v) is 1.42. The largest absolute Gasteiger partial charge is 0.508 e. The summed E-state index contributed by atoms with van der Waals surface area (Å²) in [5.41, 5.74) is 0.493. The molecule has 1 rings (SSSR count). The molecule has 0 saturated heterocycles. The van der Waals surface area contributed by atoms with Gasteiger partial charge in [-0.1, -0.05) is 11.6 Å². The summed E-state index contributed by atoms with van der Waals surface area (Å²) < 4.78 is 0. The van der Waals surface area contributed by atoms with Crippen LogP contribution in [0.1, 0.15) is 6.92 Å². The van der Waals surface area contributed by atoms with Crippen molar-refractivity contribution in [3.05, 3.63) is 23.2 Å². The molecule has 0 atom stereocenters. The number of hydrogen-bond donors (Lipinski definition) is 2. The van der Waals surface area contributed by atoms with Crippen molar-refractivity contribution in [3.8, 4) is 5.75 Å². The molecule has 3 nitrogen and oxygen atoms in total. The second kappa shape index (κ2) is 3.45. The summed E-state index contributed by atoms with van der Waals surface area (Å²) in [6, 6.07) is 4.38. The van der Waals surface area contributed by atoms with Crippen molar-refractivity contribution >= 4 is 23.2 Å². The number of amides is 1. The number of anilines is 1. The summed E-state index contributed by atoms with van der Waals surface area (Å²) in [6.45, 7) is 1.39. The van der Waals surface area contributed by atoms with Gasteiger partial charge in [0.2, 0.25) is 5.91 Å². The molecule has 0 spiro atoms. The highest BCUT2D eigenvalue weighted by atomic mass is 35.5. The number of rotatable bonds is 1. The van der Waals surface area contributed by atoms with Crippen molar-refractivity contribution in [1.29, 1.82) is 0 Å². The molecule has 0 radical (unpaired) electrons. The second-order valence-electron chi connectivity index (χ2n) is 2.38. The molecule has 0 unspecified atom stereocenters. The van der Waals surface area contributed by atoms with Gasteiger partial charge in [0.05, 0.1) is 0 Å². The Morgan fingerprint density at radius 2 is 2.17 bits per heavy atom. The van der Waals surface area contributed by atoms with Gasteiger partial charge in [-0.05, 0) is 12.1 Å². The number of aromatic hydroxyl groups is 1. The molecule has 12 heavy (non-hydrogen) atoms. The topological polar surface area (TPSA) is 49.3 Å². The van der Waals surface area contributed by atoms with Crippen LogP contribution >= 0.6 is 11.6 Å². The van der Waals surface area contributed by atoms with Crippen molar-refractivity contribution in [3.63, 3.8) is 0 Å². The summed E-state index contributed by atoms with van der Waals surface area (Å²) in [5.74, 6) is -0.164. The molecule has 0 saturated carbocycles. The molecular weight excluding hydrogens is 178 g/mol. The summed E-state index contributed by atoms with van der Waals surface area (Å²) in [5, 5.41) is 12.0. The molecule has 0 aromatic heterocycles. The summed E-state index contributed by atoms with van der Waals surface area (Å²) in [4.78, 5) is 10.6. The van der Waals surface area contributed by atoms with Crippen LogP contribution in [-0.2, 0) is 4.79 Å². The van der Waals surface area contributed by atoms with E-state index in [4.69, 9.17) is 16.7 Å². The van der Waals surface area contributed by atoms with Crippen LogP contribution in [0.4, 0.5) is 5.69 Å². The third-order valence-electron chi connectivity index (χ3n) is 1.20.